The molecule has 0 saturated carbocycles. The molecule has 0 saturated heterocycles. The summed E-state index contributed by atoms with van der Waals surface area (Å²) >= 11 is 1.86. The summed E-state index contributed by atoms with van der Waals surface area (Å²) in [5, 5.41) is 7.36. The average molecular weight is 644 g/mol. The Morgan fingerprint density at radius 1 is 0.429 bits per heavy atom. The normalized spacial score (nSPS) is 11.7. The lowest BCUT2D eigenvalue weighted by molar-refractivity contribution is 0.669. The molecule has 0 fully saturated rings. The zero-order valence-electron chi connectivity index (χ0n) is 26.5. The van der Waals surface area contributed by atoms with E-state index in [1.807, 2.05) is 23.5 Å². The van der Waals surface area contributed by atoms with Gasteiger partial charge in [-0.3, -0.25) is 0 Å². The molecule has 8 aromatic carbocycles. The number of fused-ring (bicyclic) bond motifs is 7. The number of thiophene rings is 1. The number of nitrogens with zero attached hydrogens (tertiary/aromatic N) is 1. The Balaban J connectivity index is 1.15. The van der Waals surface area contributed by atoms with E-state index in [1.54, 1.807) is 0 Å². The van der Waals surface area contributed by atoms with Crippen molar-refractivity contribution in [2.75, 3.05) is 4.90 Å². The van der Waals surface area contributed by atoms with E-state index in [9.17, 15) is 0 Å². The van der Waals surface area contributed by atoms with Gasteiger partial charge in [0.15, 0.2) is 0 Å². The first-order valence-electron chi connectivity index (χ1n) is 16.6. The minimum Gasteiger partial charge on any atom is -0.456 e. The number of para-hydroxylation sites is 1. The van der Waals surface area contributed by atoms with E-state index in [1.165, 1.54) is 53.3 Å². The number of hydrogen-bond donors (Lipinski definition) is 0. The summed E-state index contributed by atoms with van der Waals surface area (Å²) < 4.78 is 8.80. The molecule has 49 heavy (non-hydrogen) atoms. The van der Waals surface area contributed by atoms with Gasteiger partial charge in [0.25, 0.3) is 0 Å². The smallest absolute Gasteiger partial charge is 0.136 e. The average Bonchev–Trinajstić information content (AvgIpc) is 3.74. The Labute approximate surface area is 287 Å². The summed E-state index contributed by atoms with van der Waals surface area (Å²) in [4.78, 5) is 2.42. The standard InChI is InChI=1S/C46H29NOS/c1-2-11-32-28-34(23-22-30(32)10-1)33-12-7-13-36(29-33)47(41-18-8-17-39-38-14-4-6-21-44(38)49-46(39)41)35-26-24-31(25-27-35)37-16-9-20-43-45(37)40-15-3-5-19-42(40)48-43/h1-29H. The maximum Gasteiger partial charge on any atom is 0.136 e. The van der Waals surface area contributed by atoms with Crippen molar-refractivity contribution in [3.8, 4) is 22.3 Å². The first-order valence-corrected chi connectivity index (χ1v) is 17.4. The third-order valence-corrected chi connectivity index (χ3v) is 10.9. The zero-order valence-corrected chi connectivity index (χ0v) is 27.3. The van der Waals surface area contributed by atoms with Crippen molar-refractivity contribution in [3.05, 3.63) is 176 Å². The molecule has 0 bridgehead atoms. The third-order valence-electron chi connectivity index (χ3n) is 9.65. The van der Waals surface area contributed by atoms with Crippen molar-refractivity contribution in [1.82, 2.24) is 0 Å². The van der Waals surface area contributed by atoms with Crippen molar-refractivity contribution in [2.45, 2.75) is 0 Å². The van der Waals surface area contributed by atoms with Gasteiger partial charge in [-0.2, -0.15) is 0 Å². The highest BCUT2D eigenvalue weighted by Gasteiger charge is 2.19. The van der Waals surface area contributed by atoms with Crippen LogP contribution in [0.1, 0.15) is 0 Å². The molecule has 0 radical (unpaired) electrons. The summed E-state index contributed by atoms with van der Waals surface area (Å²) in [5.41, 5.74) is 9.94. The van der Waals surface area contributed by atoms with Crippen LogP contribution in [0.3, 0.4) is 0 Å². The number of anilines is 3. The summed E-state index contributed by atoms with van der Waals surface area (Å²) in [5.74, 6) is 0. The molecule has 2 heterocycles. The highest BCUT2D eigenvalue weighted by molar-refractivity contribution is 7.26. The van der Waals surface area contributed by atoms with E-state index in [0.717, 1.165) is 38.9 Å². The monoisotopic (exact) mass is 643 g/mol. The number of benzene rings is 8. The molecule has 2 nitrogen and oxygen atoms in total. The van der Waals surface area contributed by atoms with Crippen LogP contribution >= 0.6 is 11.3 Å². The Morgan fingerprint density at radius 3 is 2.04 bits per heavy atom. The zero-order chi connectivity index (χ0) is 32.3. The molecule has 10 rings (SSSR count). The van der Waals surface area contributed by atoms with E-state index in [2.05, 4.69) is 169 Å². The predicted octanol–water partition coefficient (Wildman–Crippen LogP) is 13.9. The molecule has 0 N–H and O–H groups in total. The van der Waals surface area contributed by atoms with Gasteiger partial charge in [-0.25, -0.2) is 0 Å². The second-order valence-electron chi connectivity index (χ2n) is 12.5. The van der Waals surface area contributed by atoms with E-state index in [0.29, 0.717) is 0 Å². The fraction of sp³-hybridized carbons (Fsp3) is 0. The summed E-state index contributed by atoms with van der Waals surface area (Å²) in [7, 11) is 0. The van der Waals surface area contributed by atoms with Crippen LogP contribution in [0.5, 0.6) is 0 Å². The van der Waals surface area contributed by atoms with E-state index >= 15 is 0 Å². The molecule has 0 aliphatic rings. The molecule has 0 aliphatic heterocycles. The number of hydrogen-bond acceptors (Lipinski definition) is 3. The molecular formula is C46H29NOS. The van der Waals surface area contributed by atoms with Crippen LogP contribution in [-0.2, 0) is 0 Å². The minimum absolute atomic E-state index is 0.909. The van der Waals surface area contributed by atoms with Crippen LogP contribution in [0.25, 0.3) is 75.1 Å². The van der Waals surface area contributed by atoms with Crippen LogP contribution in [0.15, 0.2) is 180 Å². The van der Waals surface area contributed by atoms with E-state index in [-0.39, 0.29) is 0 Å². The highest BCUT2D eigenvalue weighted by atomic mass is 32.1. The molecule has 0 spiro atoms. The topological polar surface area (TPSA) is 16.4 Å². The summed E-state index contributed by atoms with van der Waals surface area (Å²) in [6.45, 7) is 0. The Morgan fingerprint density at radius 2 is 1.12 bits per heavy atom. The second-order valence-corrected chi connectivity index (χ2v) is 13.6. The van der Waals surface area contributed by atoms with Gasteiger partial charge in [0, 0.05) is 37.6 Å². The Bertz CT molecular complexity index is 2840. The van der Waals surface area contributed by atoms with Gasteiger partial charge in [0.1, 0.15) is 11.2 Å². The first-order chi connectivity index (χ1) is 24.3. The van der Waals surface area contributed by atoms with Crippen LogP contribution in [0.2, 0.25) is 0 Å². The predicted molar refractivity (Wildman–Crippen MR) is 210 cm³/mol. The van der Waals surface area contributed by atoms with Gasteiger partial charge >= 0.3 is 0 Å². The molecule has 0 unspecified atom stereocenters. The fourth-order valence-electron chi connectivity index (χ4n) is 7.33. The number of rotatable bonds is 5. The Kier molecular flexibility index (Phi) is 6.39. The maximum atomic E-state index is 6.22. The van der Waals surface area contributed by atoms with Crippen molar-refractivity contribution < 1.29 is 4.42 Å². The lowest BCUT2D eigenvalue weighted by atomic mass is 9.98. The van der Waals surface area contributed by atoms with Gasteiger partial charge in [0.2, 0.25) is 0 Å². The van der Waals surface area contributed by atoms with Crippen LogP contribution < -0.4 is 4.90 Å². The van der Waals surface area contributed by atoms with E-state index < -0.39 is 0 Å². The van der Waals surface area contributed by atoms with Crippen molar-refractivity contribution in [3.63, 3.8) is 0 Å². The van der Waals surface area contributed by atoms with Gasteiger partial charge in [0.05, 0.1) is 10.4 Å². The maximum absolute atomic E-state index is 6.22. The van der Waals surface area contributed by atoms with Crippen molar-refractivity contribution in [2.24, 2.45) is 0 Å². The third kappa shape index (κ3) is 4.62. The van der Waals surface area contributed by atoms with Crippen molar-refractivity contribution in [1.29, 1.82) is 0 Å². The summed E-state index contributed by atoms with van der Waals surface area (Å²) in [6, 6.07) is 63.3. The number of furan rings is 1. The molecule has 3 heteroatoms. The molecule has 230 valence electrons. The second kappa shape index (κ2) is 11.2. The van der Waals surface area contributed by atoms with E-state index in [4.69, 9.17) is 4.42 Å². The van der Waals surface area contributed by atoms with Gasteiger partial charge in [-0.05, 0) is 87.6 Å². The fourth-order valence-corrected chi connectivity index (χ4v) is 8.54. The first kappa shape index (κ1) is 27.9. The van der Waals surface area contributed by atoms with Gasteiger partial charge < -0.3 is 9.32 Å². The quantitative estimate of drug-likeness (QED) is 0.186. The van der Waals surface area contributed by atoms with Crippen LogP contribution in [0.4, 0.5) is 17.1 Å². The van der Waals surface area contributed by atoms with Crippen LogP contribution in [0, 0.1) is 0 Å². The van der Waals surface area contributed by atoms with Crippen molar-refractivity contribution >= 4 is 81.3 Å². The molecule has 2 aromatic heterocycles. The molecule has 0 aliphatic carbocycles. The van der Waals surface area contributed by atoms with Gasteiger partial charge in [-0.1, -0.05) is 121 Å². The summed E-state index contributed by atoms with van der Waals surface area (Å²) in [6.07, 6.45) is 0. The molecular weight excluding hydrogens is 615 g/mol. The lowest BCUT2D eigenvalue weighted by Gasteiger charge is -2.27. The Hall–Kier alpha value is -6.16. The van der Waals surface area contributed by atoms with Crippen LogP contribution in [-0.4, -0.2) is 0 Å². The molecule has 0 amide bonds. The van der Waals surface area contributed by atoms with Gasteiger partial charge in [-0.15, -0.1) is 11.3 Å². The minimum atomic E-state index is 0.909. The SMILES string of the molecule is c1cc(-c2ccc3ccccc3c2)cc(N(c2ccc(-c3cccc4oc5ccccc5c34)cc2)c2cccc3c2sc2ccccc23)c1. The molecule has 0 atom stereocenters. The molecule has 10 aromatic rings. The largest absolute Gasteiger partial charge is 0.456 e. The lowest BCUT2D eigenvalue weighted by Crippen LogP contribution is -2.10. The highest BCUT2D eigenvalue weighted by Crippen LogP contribution is 2.46.